The maximum atomic E-state index is 13.1. The summed E-state index contributed by atoms with van der Waals surface area (Å²) in [5.41, 5.74) is 5.71. The number of nitrogens with two attached hydrogens (primary N) is 1. The van der Waals surface area contributed by atoms with Gasteiger partial charge in [-0.15, -0.1) is 0 Å². The Morgan fingerprint density at radius 2 is 1.88 bits per heavy atom. The Labute approximate surface area is 142 Å². The number of nitrogens with zero attached hydrogens (tertiary/aromatic N) is 2. The molecule has 5 saturated carbocycles. The molecule has 0 aromatic heterocycles. The zero-order valence-corrected chi connectivity index (χ0v) is 13.9. The Hall–Kier alpha value is -1.16. The third kappa shape index (κ3) is 2.08. The molecule has 1 aliphatic heterocycles. The number of rotatable bonds is 2. The third-order valence-electron chi connectivity index (χ3n) is 7.51. The molecule has 24 heavy (non-hydrogen) atoms. The number of fused-ring (bicyclic) bond motifs is 1. The van der Waals surface area contributed by atoms with Crippen LogP contribution >= 0.6 is 0 Å². The van der Waals surface area contributed by atoms with E-state index in [9.17, 15) is 15.2 Å². The molecular weight excluding hydrogens is 306 g/mol. The zero-order chi connectivity index (χ0) is 16.0. The topological polar surface area (TPSA) is 122 Å². The predicted octanol–water partition coefficient (Wildman–Crippen LogP) is 0.333. The lowest BCUT2D eigenvalue weighted by Gasteiger charge is -2.61. The summed E-state index contributed by atoms with van der Waals surface area (Å²) in [6, 6.07) is 1.72. The lowest BCUT2D eigenvalue weighted by Crippen LogP contribution is -2.64. The van der Waals surface area contributed by atoms with Crippen LogP contribution < -0.4 is 5.73 Å². The van der Waals surface area contributed by atoms with Gasteiger partial charge in [-0.2, -0.15) is 5.26 Å². The molecule has 1 amide bonds. The molecule has 5 N–H and O–H groups in total. The zero-order valence-electron chi connectivity index (χ0n) is 13.9. The van der Waals surface area contributed by atoms with Gasteiger partial charge in [0.25, 0.3) is 0 Å². The molecule has 132 valence electrons. The van der Waals surface area contributed by atoms with Crippen LogP contribution in [0.5, 0.6) is 0 Å². The molecule has 0 aromatic rings. The Bertz CT molecular complexity index is 601. The van der Waals surface area contributed by atoms with E-state index < -0.39 is 11.6 Å². The van der Waals surface area contributed by atoms with Crippen LogP contribution in [0.2, 0.25) is 0 Å². The molecule has 6 nitrogen and oxygen atoms in total. The van der Waals surface area contributed by atoms with Crippen molar-refractivity contribution in [3.63, 3.8) is 0 Å². The summed E-state index contributed by atoms with van der Waals surface area (Å²) in [6.07, 6.45) is 7.48. The van der Waals surface area contributed by atoms with E-state index in [1.54, 1.807) is 4.90 Å². The highest BCUT2D eigenvalue weighted by Crippen LogP contribution is 2.63. The number of piperidine rings is 1. The minimum absolute atomic E-state index is 0. The van der Waals surface area contributed by atoms with Gasteiger partial charge in [0, 0.05) is 6.04 Å². The molecule has 6 aliphatic rings. The van der Waals surface area contributed by atoms with Crippen molar-refractivity contribution in [2.45, 2.75) is 75.1 Å². The average Bonchev–Trinajstić information content (AvgIpc) is 3.14. The van der Waals surface area contributed by atoms with Crippen LogP contribution in [0, 0.1) is 34.5 Å². The minimum atomic E-state index is -0.594. The Kier molecular flexibility index (Phi) is 3.36. The van der Waals surface area contributed by atoms with Crippen LogP contribution in [0.25, 0.3) is 0 Å². The van der Waals surface area contributed by atoms with Crippen LogP contribution in [-0.2, 0) is 4.79 Å². The third-order valence-corrected chi connectivity index (χ3v) is 7.51. The van der Waals surface area contributed by atoms with Gasteiger partial charge < -0.3 is 21.2 Å². The summed E-state index contributed by atoms with van der Waals surface area (Å²) in [4.78, 5) is 14.9. The van der Waals surface area contributed by atoms with Crippen molar-refractivity contribution in [3.05, 3.63) is 0 Å². The van der Waals surface area contributed by atoms with E-state index in [-0.39, 0.29) is 28.9 Å². The highest BCUT2D eigenvalue weighted by Gasteiger charge is 2.62. The lowest BCUT2D eigenvalue weighted by molar-refractivity contribution is -0.177. The Morgan fingerprint density at radius 1 is 1.21 bits per heavy atom. The van der Waals surface area contributed by atoms with Crippen LogP contribution in [0.15, 0.2) is 0 Å². The molecule has 5 aliphatic carbocycles. The molecule has 0 radical (unpaired) electrons. The summed E-state index contributed by atoms with van der Waals surface area (Å²) in [6.45, 7) is 0. The van der Waals surface area contributed by atoms with Gasteiger partial charge in [-0.05, 0) is 74.5 Å². The van der Waals surface area contributed by atoms with Crippen molar-refractivity contribution in [2.24, 2.45) is 28.9 Å². The van der Waals surface area contributed by atoms with Gasteiger partial charge in [0.15, 0.2) is 0 Å². The van der Waals surface area contributed by atoms with E-state index in [0.29, 0.717) is 24.2 Å². The quantitative estimate of drug-likeness (QED) is 0.756. The van der Waals surface area contributed by atoms with E-state index in [1.165, 1.54) is 6.42 Å². The average molecular weight is 333 g/mol. The number of nitriles is 1. The van der Waals surface area contributed by atoms with Crippen LogP contribution in [0.4, 0.5) is 0 Å². The SMILES string of the molecule is N#C[C@@H]1C[C@@H]2C[C@@H]2N1C(=O)[C@@H](N)C12C[C@@H]3C[C@@H](CC(O)(C3)C1)C2.O. The second kappa shape index (κ2) is 4.94. The summed E-state index contributed by atoms with van der Waals surface area (Å²) >= 11 is 0. The second-order valence-corrected chi connectivity index (χ2v) is 9.21. The van der Waals surface area contributed by atoms with Crippen molar-refractivity contribution in [1.82, 2.24) is 4.90 Å². The van der Waals surface area contributed by atoms with Crippen LogP contribution in [-0.4, -0.2) is 45.1 Å². The number of hydrogen-bond donors (Lipinski definition) is 2. The number of carbonyl (C=O) groups is 1. The number of hydrogen-bond acceptors (Lipinski definition) is 4. The summed E-state index contributed by atoms with van der Waals surface area (Å²) in [5, 5.41) is 20.2. The van der Waals surface area contributed by atoms with Crippen molar-refractivity contribution >= 4 is 5.91 Å². The van der Waals surface area contributed by atoms with E-state index in [1.807, 2.05) is 0 Å². The van der Waals surface area contributed by atoms with E-state index >= 15 is 0 Å². The van der Waals surface area contributed by atoms with Crippen molar-refractivity contribution in [1.29, 1.82) is 5.26 Å². The van der Waals surface area contributed by atoms with Crippen molar-refractivity contribution in [2.75, 3.05) is 0 Å². The van der Waals surface area contributed by atoms with Gasteiger partial charge in [-0.1, -0.05) is 0 Å². The number of likely N-dealkylation sites (tertiary alicyclic amines) is 1. The van der Waals surface area contributed by atoms with Crippen LogP contribution in [0.1, 0.15) is 51.4 Å². The van der Waals surface area contributed by atoms with Crippen molar-refractivity contribution < 1.29 is 15.4 Å². The fourth-order valence-electron chi connectivity index (χ4n) is 6.96. The largest absolute Gasteiger partial charge is 0.412 e. The van der Waals surface area contributed by atoms with Gasteiger partial charge in [-0.3, -0.25) is 4.79 Å². The number of aliphatic hydroxyl groups is 1. The predicted molar refractivity (Wildman–Crippen MR) is 86.4 cm³/mol. The molecule has 2 unspecified atom stereocenters. The van der Waals surface area contributed by atoms with Crippen molar-refractivity contribution in [3.8, 4) is 6.07 Å². The second-order valence-electron chi connectivity index (χ2n) is 9.21. The summed E-state index contributed by atoms with van der Waals surface area (Å²) in [5.74, 6) is 1.56. The fraction of sp³-hybridized carbons (Fsp3) is 0.889. The Balaban J connectivity index is 0.00000146. The number of amides is 1. The smallest absolute Gasteiger partial charge is 0.241 e. The van der Waals surface area contributed by atoms with Gasteiger partial charge in [-0.25, -0.2) is 0 Å². The molecule has 6 heteroatoms. The molecule has 1 heterocycles. The maximum Gasteiger partial charge on any atom is 0.241 e. The lowest BCUT2D eigenvalue weighted by atomic mass is 9.46. The first-order valence-electron chi connectivity index (χ1n) is 9.13. The van der Waals surface area contributed by atoms with E-state index in [4.69, 9.17) is 5.73 Å². The summed E-state index contributed by atoms with van der Waals surface area (Å²) < 4.78 is 0. The normalized spacial score (nSPS) is 51.5. The van der Waals surface area contributed by atoms with Gasteiger partial charge >= 0.3 is 0 Å². The molecule has 6 rings (SSSR count). The monoisotopic (exact) mass is 333 g/mol. The molecule has 4 bridgehead atoms. The van der Waals surface area contributed by atoms with Crippen LogP contribution in [0.3, 0.4) is 0 Å². The fourth-order valence-corrected chi connectivity index (χ4v) is 6.96. The molecule has 0 spiro atoms. The molecule has 6 fully saturated rings. The van der Waals surface area contributed by atoms with Gasteiger partial charge in [0.2, 0.25) is 5.91 Å². The van der Waals surface area contributed by atoms with E-state index in [2.05, 4.69) is 6.07 Å². The number of carbonyl (C=O) groups excluding carboxylic acids is 1. The first kappa shape index (κ1) is 16.3. The maximum absolute atomic E-state index is 13.1. The minimum Gasteiger partial charge on any atom is -0.412 e. The molecule has 0 aromatic carbocycles. The summed E-state index contributed by atoms with van der Waals surface area (Å²) in [7, 11) is 0. The van der Waals surface area contributed by atoms with Gasteiger partial charge in [0.1, 0.15) is 6.04 Å². The Morgan fingerprint density at radius 3 is 2.46 bits per heavy atom. The first-order valence-corrected chi connectivity index (χ1v) is 9.13. The molecular formula is C18H27N3O3. The molecule has 8 atom stereocenters. The highest BCUT2D eigenvalue weighted by molar-refractivity contribution is 5.84. The standard InChI is InChI=1S/C18H25N3O2.H2O/c19-8-13-2-12-3-14(12)21(13)16(22)15(20)17-4-10-1-11(5-17)7-18(23,6-10)9-17;/h10-15,23H,1-7,9,20H2;1H2/t10-,11+,12-,13+,14+,15-,17?,18?;/m1./s1. The highest BCUT2D eigenvalue weighted by atomic mass is 16.3. The van der Waals surface area contributed by atoms with Gasteiger partial charge in [0.05, 0.1) is 17.7 Å². The first-order chi connectivity index (χ1) is 10.9. The molecule has 1 saturated heterocycles. The van der Waals surface area contributed by atoms with E-state index in [0.717, 1.165) is 38.5 Å².